The third-order valence-corrected chi connectivity index (χ3v) is 3.43. The molecule has 1 atom stereocenters. The van der Waals surface area contributed by atoms with E-state index in [1.165, 1.54) is 0 Å². The highest BCUT2D eigenvalue weighted by atomic mass is 35.5. The molecule has 2 N–H and O–H groups in total. The number of amides is 1. The summed E-state index contributed by atoms with van der Waals surface area (Å²) in [6.07, 6.45) is 0. The maximum Gasteiger partial charge on any atom is 0.244 e. The maximum absolute atomic E-state index is 11.9. The number of anilines is 1. The van der Waals surface area contributed by atoms with Crippen LogP contribution < -0.4 is 10.2 Å². The van der Waals surface area contributed by atoms with Crippen LogP contribution in [0.5, 0.6) is 0 Å². The molecule has 0 aromatic heterocycles. The number of aliphatic hydroxyl groups excluding tert-OH is 1. The number of halogens is 1. The molecule has 1 aromatic rings. The molecule has 5 nitrogen and oxygen atoms in total. The molecule has 19 heavy (non-hydrogen) atoms. The minimum Gasteiger partial charge on any atom is -0.392 e. The van der Waals surface area contributed by atoms with Gasteiger partial charge in [0, 0.05) is 29.9 Å². The van der Waals surface area contributed by atoms with E-state index in [0.29, 0.717) is 30.3 Å². The fourth-order valence-corrected chi connectivity index (χ4v) is 2.43. The van der Waals surface area contributed by atoms with E-state index in [2.05, 4.69) is 5.32 Å². The van der Waals surface area contributed by atoms with Gasteiger partial charge in [-0.25, -0.2) is 0 Å². The zero-order valence-electron chi connectivity index (χ0n) is 10.7. The number of aliphatic hydroxyl groups is 1. The van der Waals surface area contributed by atoms with Gasteiger partial charge in [0.2, 0.25) is 5.91 Å². The quantitative estimate of drug-likeness (QED) is 0.861. The fourth-order valence-electron chi connectivity index (χ4n) is 2.24. The zero-order chi connectivity index (χ0) is 13.8. The Bertz CT molecular complexity index is 467. The molecule has 1 unspecified atom stereocenters. The first-order valence-corrected chi connectivity index (χ1v) is 6.50. The summed E-state index contributed by atoms with van der Waals surface area (Å²) in [6, 6.07) is 4.92. The summed E-state index contributed by atoms with van der Waals surface area (Å²) in [5, 5.41) is 12.6. The molecule has 1 aromatic carbocycles. The molecular weight excluding hydrogens is 268 g/mol. The Morgan fingerprint density at radius 2 is 2.42 bits per heavy atom. The Balaban J connectivity index is 2.34. The molecule has 0 spiro atoms. The molecule has 1 amide bonds. The second kappa shape index (κ2) is 6.23. The summed E-state index contributed by atoms with van der Waals surface area (Å²) in [6.45, 7) is 1.38. The second-order valence-electron chi connectivity index (χ2n) is 4.33. The van der Waals surface area contributed by atoms with Crippen molar-refractivity contribution in [1.82, 2.24) is 5.32 Å². The molecule has 2 rings (SSSR count). The fraction of sp³-hybridized carbons (Fsp3) is 0.462. The lowest BCUT2D eigenvalue weighted by molar-refractivity contribution is -0.124. The number of nitrogens with zero attached hydrogens (tertiary/aromatic N) is 1. The largest absolute Gasteiger partial charge is 0.392 e. The van der Waals surface area contributed by atoms with Crippen molar-refractivity contribution < 1.29 is 14.6 Å². The van der Waals surface area contributed by atoms with E-state index in [9.17, 15) is 9.90 Å². The Labute approximate surface area is 117 Å². The monoisotopic (exact) mass is 284 g/mol. The second-order valence-corrected chi connectivity index (χ2v) is 4.77. The van der Waals surface area contributed by atoms with E-state index >= 15 is 0 Å². The third kappa shape index (κ3) is 3.00. The Kier molecular flexibility index (Phi) is 4.63. The van der Waals surface area contributed by atoms with E-state index in [1.807, 2.05) is 11.0 Å². The number of carbonyl (C=O) groups is 1. The summed E-state index contributed by atoms with van der Waals surface area (Å²) >= 11 is 5.93. The van der Waals surface area contributed by atoms with Gasteiger partial charge >= 0.3 is 0 Å². The normalized spacial score (nSPS) is 19.3. The summed E-state index contributed by atoms with van der Waals surface area (Å²) in [5.41, 5.74) is 1.53. The highest BCUT2D eigenvalue weighted by molar-refractivity contribution is 6.30. The summed E-state index contributed by atoms with van der Waals surface area (Å²) in [4.78, 5) is 13.8. The van der Waals surface area contributed by atoms with Crippen molar-refractivity contribution >= 4 is 23.2 Å². The minimum atomic E-state index is -0.384. The van der Waals surface area contributed by atoms with Gasteiger partial charge in [-0.3, -0.25) is 4.79 Å². The molecule has 1 aliphatic rings. The van der Waals surface area contributed by atoms with Crippen LogP contribution in [0, 0.1) is 0 Å². The SMILES string of the molecule is CNC(=O)C1COCCN1c1ccc(Cl)cc1CO. The van der Waals surface area contributed by atoms with Crippen molar-refractivity contribution in [3.63, 3.8) is 0 Å². The molecular formula is C13H17ClN2O3. The van der Waals surface area contributed by atoms with Crippen molar-refractivity contribution in [3.8, 4) is 0 Å². The van der Waals surface area contributed by atoms with E-state index < -0.39 is 0 Å². The molecule has 104 valence electrons. The van der Waals surface area contributed by atoms with Crippen molar-refractivity contribution in [3.05, 3.63) is 28.8 Å². The summed E-state index contributed by atoms with van der Waals surface area (Å²) in [5.74, 6) is -0.0986. The van der Waals surface area contributed by atoms with Gasteiger partial charge in [0.25, 0.3) is 0 Å². The van der Waals surface area contributed by atoms with Gasteiger partial charge < -0.3 is 20.1 Å². The molecule has 1 aliphatic heterocycles. The molecule has 0 bridgehead atoms. The van der Waals surface area contributed by atoms with Crippen LogP contribution in [-0.4, -0.2) is 43.9 Å². The van der Waals surface area contributed by atoms with Crippen molar-refractivity contribution in [1.29, 1.82) is 0 Å². The van der Waals surface area contributed by atoms with Crippen LogP contribution in [0.1, 0.15) is 5.56 Å². The van der Waals surface area contributed by atoms with Crippen LogP contribution in [-0.2, 0) is 16.1 Å². The highest BCUT2D eigenvalue weighted by Gasteiger charge is 2.30. The standard InChI is InChI=1S/C13H17ClN2O3/c1-15-13(18)12-8-19-5-4-16(12)11-3-2-10(14)6-9(11)7-17/h2-3,6,12,17H,4-5,7-8H2,1H3,(H,15,18). The number of hydrogen-bond acceptors (Lipinski definition) is 4. The van der Waals surface area contributed by atoms with Gasteiger partial charge in [0.1, 0.15) is 6.04 Å². The lowest BCUT2D eigenvalue weighted by Gasteiger charge is -2.37. The Hall–Kier alpha value is -1.30. The summed E-state index contributed by atoms with van der Waals surface area (Å²) in [7, 11) is 1.60. The molecule has 0 saturated carbocycles. The van der Waals surface area contributed by atoms with Crippen molar-refractivity contribution in [2.45, 2.75) is 12.6 Å². The lowest BCUT2D eigenvalue weighted by Crippen LogP contribution is -2.53. The predicted molar refractivity (Wildman–Crippen MR) is 73.4 cm³/mol. The minimum absolute atomic E-state index is 0.0986. The van der Waals surface area contributed by atoms with Crippen LogP contribution in [0.3, 0.4) is 0 Å². The highest BCUT2D eigenvalue weighted by Crippen LogP contribution is 2.27. The molecule has 1 saturated heterocycles. The van der Waals surface area contributed by atoms with Gasteiger partial charge in [-0.2, -0.15) is 0 Å². The van der Waals surface area contributed by atoms with E-state index in [0.717, 1.165) is 5.69 Å². The third-order valence-electron chi connectivity index (χ3n) is 3.20. The predicted octanol–water partition coefficient (Wildman–Crippen LogP) is 0.783. The number of likely N-dealkylation sites (N-methyl/N-ethyl adjacent to an activating group) is 1. The zero-order valence-corrected chi connectivity index (χ0v) is 11.5. The number of morpholine rings is 1. The van der Waals surface area contributed by atoms with Crippen LogP contribution in [0.4, 0.5) is 5.69 Å². The molecule has 1 fully saturated rings. The van der Waals surface area contributed by atoms with Crippen molar-refractivity contribution in [2.75, 3.05) is 31.7 Å². The van der Waals surface area contributed by atoms with E-state index in [-0.39, 0.29) is 18.6 Å². The first-order valence-electron chi connectivity index (χ1n) is 6.12. The lowest BCUT2D eigenvalue weighted by atomic mass is 10.1. The van der Waals surface area contributed by atoms with Gasteiger partial charge in [0.05, 0.1) is 19.8 Å². The molecule has 6 heteroatoms. The maximum atomic E-state index is 11.9. The summed E-state index contributed by atoms with van der Waals surface area (Å²) < 4.78 is 5.36. The first-order chi connectivity index (χ1) is 9.17. The van der Waals surface area contributed by atoms with Gasteiger partial charge in [-0.05, 0) is 18.2 Å². The van der Waals surface area contributed by atoms with Gasteiger partial charge in [-0.15, -0.1) is 0 Å². The average Bonchev–Trinajstić information content (AvgIpc) is 2.46. The number of ether oxygens (including phenoxy) is 1. The van der Waals surface area contributed by atoms with E-state index in [4.69, 9.17) is 16.3 Å². The van der Waals surface area contributed by atoms with E-state index in [1.54, 1.807) is 19.2 Å². The smallest absolute Gasteiger partial charge is 0.244 e. The first kappa shape index (κ1) is 14.1. The van der Waals surface area contributed by atoms with Crippen molar-refractivity contribution in [2.24, 2.45) is 0 Å². The number of benzene rings is 1. The number of rotatable bonds is 3. The van der Waals surface area contributed by atoms with Gasteiger partial charge in [-0.1, -0.05) is 11.6 Å². The average molecular weight is 285 g/mol. The van der Waals surface area contributed by atoms with Gasteiger partial charge in [0.15, 0.2) is 0 Å². The number of nitrogens with one attached hydrogen (secondary N) is 1. The van der Waals surface area contributed by atoms with Crippen LogP contribution in [0.2, 0.25) is 5.02 Å². The molecule has 0 aliphatic carbocycles. The topological polar surface area (TPSA) is 61.8 Å². The molecule has 0 radical (unpaired) electrons. The molecule has 1 heterocycles. The Morgan fingerprint density at radius 3 is 3.11 bits per heavy atom. The number of hydrogen-bond donors (Lipinski definition) is 2. The Morgan fingerprint density at radius 1 is 1.63 bits per heavy atom. The number of carbonyl (C=O) groups excluding carboxylic acids is 1. The van der Waals surface area contributed by atoms with Crippen LogP contribution in [0.15, 0.2) is 18.2 Å². The van der Waals surface area contributed by atoms with Crippen LogP contribution >= 0.6 is 11.6 Å². The van der Waals surface area contributed by atoms with Crippen LogP contribution in [0.25, 0.3) is 0 Å².